The number of carbonyl (C=O) groups excluding carboxylic acids is 2. The van der Waals surface area contributed by atoms with Gasteiger partial charge in [0.25, 0.3) is 0 Å². The van der Waals surface area contributed by atoms with Crippen LogP contribution in [0.5, 0.6) is 5.75 Å². The molecule has 1 aromatic carbocycles. The zero-order valence-corrected chi connectivity index (χ0v) is 9.43. The summed E-state index contributed by atoms with van der Waals surface area (Å²) in [5.41, 5.74) is -0.475. The van der Waals surface area contributed by atoms with Gasteiger partial charge in [-0.15, -0.1) is 0 Å². The van der Waals surface area contributed by atoms with Crippen LogP contribution in [0.15, 0.2) is 24.3 Å². The van der Waals surface area contributed by atoms with Crippen LogP contribution in [0.25, 0.3) is 0 Å². The maximum atomic E-state index is 12.1. The highest BCUT2D eigenvalue weighted by Gasteiger charge is 2.70. The molecule has 17 heavy (non-hydrogen) atoms. The van der Waals surface area contributed by atoms with E-state index in [1.54, 1.807) is 31.2 Å². The number of ketones is 1. The Kier molecular flexibility index (Phi) is 2.02. The average Bonchev–Trinajstić information content (AvgIpc) is 3.06. The predicted octanol–water partition coefficient (Wildman–Crippen LogP) is 1.58. The van der Waals surface area contributed by atoms with Crippen molar-refractivity contribution in [3.8, 4) is 5.75 Å². The van der Waals surface area contributed by atoms with Crippen molar-refractivity contribution in [3.63, 3.8) is 0 Å². The molecule has 0 unspecified atom stereocenters. The topological polar surface area (TPSA) is 52.6 Å². The van der Waals surface area contributed by atoms with E-state index >= 15 is 0 Å². The summed E-state index contributed by atoms with van der Waals surface area (Å²) in [6, 6.07) is 7.02. The molecule has 0 amide bonds. The monoisotopic (exact) mass is 232 g/mol. The van der Waals surface area contributed by atoms with Gasteiger partial charge in [0.2, 0.25) is 5.60 Å². The number of fused-ring (bicyclic) bond motifs is 2. The number of Topliss-reactive ketones (excluding diaryl/α,β-unsaturated/α-hetero) is 1. The molecule has 0 spiro atoms. The predicted molar refractivity (Wildman–Crippen MR) is 58.9 cm³/mol. The highest BCUT2D eigenvalue weighted by atomic mass is 16.6. The van der Waals surface area contributed by atoms with Crippen LogP contribution >= 0.6 is 0 Å². The molecule has 1 heterocycles. The molecular weight excluding hydrogens is 220 g/mol. The smallest absolute Gasteiger partial charge is 0.351 e. The van der Waals surface area contributed by atoms with Crippen molar-refractivity contribution in [1.82, 2.24) is 0 Å². The van der Waals surface area contributed by atoms with Crippen molar-refractivity contribution in [2.24, 2.45) is 5.92 Å². The summed E-state index contributed by atoms with van der Waals surface area (Å²) in [5.74, 6) is -0.316. The van der Waals surface area contributed by atoms with Gasteiger partial charge in [0.1, 0.15) is 5.75 Å². The number of hydrogen-bond acceptors (Lipinski definition) is 4. The quantitative estimate of drug-likeness (QED) is 0.726. The van der Waals surface area contributed by atoms with E-state index in [9.17, 15) is 9.59 Å². The second-order valence-corrected chi connectivity index (χ2v) is 4.33. The van der Waals surface area contributed by atoms with E-state index < -0.39 is 11.6 Å². The number of rotatable bonds is 2. The van der Waals surface area contributed by atoms with Crippen LogP contribution in [0.1, 0.15) is 23.7 Å². The summed E-state index contributed by atoms with van der Waals surface area (Å²) < 4.78 is 10.7. The molecule has 3 rings (SSSR count). The van der Waals surface area contributed by atoms with Crippen LogP contribution in [0.3, 0.4) is 0 Å². The number of carbonyl (C=O) groups is 2. The first-order valence-corrected chi connectivity index (χ1v) is 5.68. The highest BCUT2D eigenvalue weighted by Crippen LogP contribution is 2.54. The fourth-order valence-corrected chi connectivity index (χ4v) is 2.33. The molecule has 1 saturated carbocycles. The minimum atomic E-state index is -1.04. The molecule has 2 aliphatic rings. The number of benzene rings is 1. The molecule has 1 aliphatic carbocycles. The Morgan fingerprint density at radius 1 is 1.53 bits per heavy atom. The van der Waals surface area contributed by atoms with Crippen molar-refractivity contribution in [2.75, 3.05) is 6.61 Å². The number of hydrogen-bond donors (Lipinski definition) is 0. The second-order valence-electron chi connectivity index (χ2n) is 4.33. The van der Waals surface area contributed by atoms with E-state index in [1.165, 1.54) is 0 Å². The van der Waals surface area contributed by atoms with Gasteiger partial charge in [-0.3, -0.25) is 4.79 Å². The minimum absolute atomic E-state index is 0.0140. The van der Waals surface area contributed by atoms with Crippen molar-refractivity contribution >= 4 is 11.8 Å². The summed E-state index contributed by atoms with van der Waals surface area (Å²) in [4.78, 5) is 23.9. The normalized spacial score (nSPS) is 28.8. The van der Waals surface area contributed by atoms with Gasteiger partial charge in [0.05, 0.1) is 18.1 Å². The van der Waals surface area contributed by atoms with Gasteiger partial charge in [-0.2, -0.15) is 0 Å². The Hall–Kier alpha value is -1.84. The van der Waals surface area contributed by atoms with Gasteiger partial charge in [-0.1, -0.05) is 12.1 Å². The number of para-hydroxylation sites is 1. The molecule has 0 aromatic heterocycles. The lowest BCUT2D eigenvalue weighted by molar-refractivity contribution is -0.154. The third-order valence-corrected chi connectivity index (χ3v) is 3.29. The summed E-state index contributed by atoms with van der Waals surface area (Å²) in [6.45, 7) is 2.04. The average molecular weight is 232 g/mol. The standard InChI is InChI=1S/C13H12O4/c1-2-16-12(15)13-7-9(13)11(14)8-5-3-4-6-10(8)17-13/h3-6,9H,2,7H2,1H3/t9-,13-/m0/s1. The third-order valence-electron chi connectivity index (χ3n) is 3.29. The van der Waals surface area contributed by atoms with Gasteiger partial charge >= 0.3 is 5.97 Å². The number of esters is 1. The molecule has 1 aromatic rings. The van der Waals surface area contributed by atoms with E-state index in [4.69, 9.17) is 9.47 Å². The van der Waals surface area contributed by atoms with Crippen LogP contribution in [-0.4, -0.2) is 24.0 Å². The second kappa shape index (κ2) is 3.32. The third kappa shape index (κ3) is 1.30. The van der Waals surface area contributed by atoms with Gasteiger partial charge in [0, 0.05) is 6.42 Å². The molecule has 0 N–H and O–H groups in total. The fraction of sp³-hybridized carbons (Fsp3) is 0.385. The van der Waals surface area contributed by atoms with Crippen LogP contribution in [0.2, 0.25) is 0 Å². The molecule has 0 radical (unpaired) electrons. The van der Waals surface area contributed by atoms with Gasteiger partial charge in [0.15, 0.2) is 5.78 Å². The van der Waals surface area contributed by atoms with Crippen LogP contribution in [0, 0.1) is 5.92 Å². The van der Waals surface area contributed by atoms with Crippen molar-refractivity contribution in [3.05, 3.63) is 29.8 Å². The zero-order valence-electron chi connectivity index (χ0n) is 9.43. The maximum absolute atomic E-state index is 12.1. The first-order chi connectivity index (χ1) is 8.19. The molecule has 4 heteroatoms. The van der Waals surface area contributed by atoms with Crippen molar-refractivity contribution < 1.29 is 19.1 Å². The Balaban J connectivity index is 1.97. The lowest BCUT2D eigenvalue weighted by Gasteiger charge is -2.23. The van der Waals surface area contributed by atoms with E-state index in [2.05, 4.69) is 0 Å². The lowest BCUT2D eigenvalue weighted by Crippen LogP contribution is -2.38. The maximum Gasteiger partial charge on any atom is 0.351 e. The van der Waals surface area contributed by atoms with E-state index in [-0.39, 0.29) is 11.7 Å². The highest BCUT2D eigenvalue weighted by molar-refractivity contribution is 6.09. The molecule has 2 atom stereocenters. The Morgan fingerprint density at radius 2 is 2.29 bits per heavy atom. The first kappa shape index (κ1) is 10.3. The fourth-order valence-electron chi connectivity index (χ4n) is 2.33. The van der Waals surface area contributed by atoms with Crippen molar-refractivity contribution in [1.29, 1.82) is 0 Å². The molecular formula is C13H12O4. The molecule has 0 saturated heterocycles. The number of ether oxygens (including phenoxy) is 2. The van der Waals surface area contributed by atoms with Gasteiger partial charge in [-0.25, -0.2) is 4.79 Å². The molecule has 1 fully saturated rings. The minimum Gasteiger partial charge on any atom is -0.474 e. The largest absolute Gasteiger partial charge is 0.474 e. The SMILES string of the molecule is CCOC(=O)[C@]12C[C@H]1C(=O)c1ccccc1O2. The van der Waals surface area contributed by atoms with Crippen LogP contribution in [0.4, 0.5) is 0 Å². The Morgan fingerprint density at radius 3 is 3.06 bits per heavy atom. The summed E-state index contributed by atoms with van der Waals surface area (Å²) >= 11 is 0. The Labute approximate surface area is 98.5 Å². The summed E-state index contributed by atoms with van der Waals surface area (Å²) in [5, 5.41) is 0. The van der Waals surface area contributed by atoms with Crippen molar-refractivity contribution in [2.45, 2.75) is 18.9 Å². The van der Waals surface area contributed by atoms with Crippen LogP contribution < -0.4 is 4.74 Å². The lowest BCUT2D eigenvalue weighted by atomic mass is 10.0. The molecule has 1 aliphatic heterocycles. The Bertz CT molecular complexity index is 508. The van der Waals surface area contributed by atoms with E-state index in [0.29, 0.717) is 24.3 Å². The van der Waals surface area contributed by atoms with Gasteiger partial charge in [-0.05, 0) is 19.1 Å². The molecule has 88 valence electrons. The summed E-state index contributed by atoms with van der Waals surface area (Å²) in [7, 11) is 0. The summed E-state index contributed by atoms with van der Waals surface area (Å²) in [6.07, 6.45) is 0.430. The first-order valence-electron chi connectivity index (χ1n) is 5.68. The van der Waals surface area contributed by atoms with E-state index in [1.807, 2.05) is 0 Å². The zero-order chi connectivity index (χ0) is 12.0. The van der Waals surface area contributed by atoms with Crippen LogP contribution in [-0.2, 0) is 9.53 Å². The molecule has 0 bridgehead atoms. The van der Waals surface area contributed by atoms with Gasteiger partial charge < -0.3 is 9.47 Å². The van der Waals surface area contributed by atoms with E-state index in [0.717, 1.165) is 0 Å². The molecule has 4 nitrogen and oxygen atoms in total.